The third-order valence-electron chi connectivity index (χ3n) is 4.93. The smallest absolute Gasteiger partial charge is 0.255 e. The van der Waals surface area contributed by atoms with Crippen LogP contribution < -0.4 is 10.6 Å². The van der Waals surface area contributed by atoms with Gasteiger partial charge in [0, 0.05) is 38.0 Å². The largest absolute Gasteiger partial charge is 0.472 e. The average molecular weight is 311 g/mol. The Morgan fingerprint density at radius 1 is 1.22 bits per heavy atom. The predicted molar refractivity (Wildman–Crippen MR) is 88.2 cm³/mol. The Morgan fingerprint density at radius 3 is 2.78 bits per heavy atom. The molecule has 5 heteroatoms. The summed E-state index contributed by atoms with van der Waals surface area (Å²) >= 11 is 0. The van der Waals surface area contributed by atoms with Crippen molar-refractivity contribution in [2.24, 2.45) is 0 Å². The quantitative estimate of drug-likeness (QED) is 0.895. The predicted octanol–water partition coefficient (Wildman–Crippen LogP) is 2.74. The Hall–Kier alpha value is -2.27. The van der Waals surface area contributed by atoms with E-state index in [0.29, 0.717) is 0 Å². The van der Waals surface area contributed by atoms with E-state index in [1.54, 1.807) is 12.5 Å². The van der Waals surface area contributed by atoms with Gasteiger partial charge < -0.3 is 15.1 Å². The number of piperidine rings is 1. The number of benzene rings is 1. The van der Waals surface area contributed by atoms with Crippen LogP contribution in [0.3, 0.4) is 0 Å². The summed E-state index contributed by atoms with van der Waals surface area (Å²) in [6.07, 6.45) is 5.29. The van der Waals surface area contributed by atoms with Crippen LogP contribution in [0.25, 0.3) is 0 Å². The summed E-state index contributed by atoms with van der Waals surface area (Å²) in [5.41, 5.74) is 3.74. The van der Waals surface area contributed by atoms with Gasteiger partial charge in [0.05, 0.1) is 23.8 Å². The Bertz CT molecular complexity index is 716. The van der Waals surface area contributed by atoms with Crippen molar-refractivity contribution >= 4 is 11.6 Å². The number of rotatable bonds is 2. The zero-order valence-electron chi connectivity index (χ0n) is 13.3. The molecule has 0 atom stereocenters. The summed E-state index contributed by atoms with van der Waals surface area (Å²) in [7, 11) is 0. The van der Waals surface area contributed by atoms with Gasteiger partial charge in [0.2, 0.25) is 0 Å². The molecule has 0 unspecified atom stereocenters. The molecule has 3 heterocycles. The van der Waals surface area contributed by atoms with E-state index in [2.05, 4.69) is 15.5 Å². The topological polar surface area (TPSA) is 57.5 Å². The minimum atomic E-state index is -0.316. The molecule has 23 heavy (non-hydrogen) atoms. The lowest BCUT2D eigenvalue weighted by molar-refractivity contribution is 0.0822. The maximum atomic E-state index is 12.5. The van der Waals surface area contributed by atoms with Crippen molar-refractivity contribution in [2.45, 2.75) is 32.0 Å². The lowest BCUT2D eigenvalue weighted by Crippen LogP contribution is -2.62. The number of para-hydroxylation sites is 1. The summed E-state index contributed by atoms with van der Waals surface area (Å²) in [6.45, 7) is 4.83. The van der Waals surface area contributed by atoms with Gasteiger partial charge in [-0.3, -0.25) is 9.69 Å². The highest BCUT2D eigenvalue weighted by Gasteiger charge is 2.40. The second kappa shape index (κ2) is 5.42. The van der Waals surface area contributed by atoms with Crippen LogP contribution >= 0.6 is 0 Å². The number of nitrogens with zero attached hydrogens (tertiary/aromatic N) is 1. The van der Waals surface area contributed by atoms with Crippen molar-refractivity contribution in [3.8, 4) is 0 Å². The van der Waals surface area contributed by atoms with Crippen molar-refractivity contribution < 1.29 is 9.21 Å². The molecule has 0 radical (unpaired) electrons. The minimum Gasteiger partial charge on any atom is -0.472 e. The van der Waals surface area contributed by atoms with Crippen LogP contribution in [0, 0.1) is 6.92 Å². The third kappa shape index (κ3) is 2.61. The van der Waals surface area contributed by atoms with Gasteiger partial charge in [-0.15, -0.1) is 0 Å². The highest BCUT2D eigenvalue weighted by Crippen LogP contribution is 2.33. The summed E-state index contributed by atoms with van der Waals surface area (Å²) in [4.78, 5) is 14.9. The lowest BCUT2D eigenvalue weighted by Gasteiger charge is -2.46. The van der Waals surface area contributed by atoms with E-state index in [0.717, 1.165) is 49.3 Å². The third-order valence-corrected chi connectivity index (χ3v) is 4.93. The highest BCUT2D eigenvalue weighted by molar-refractivity contribution is 6.02. The molecule has 2 aromatic rings. The monoisotopic (exact) mass is 311 g/mol. The fourth-order valence-corrected chi connectivity index (χ4v) is 3.56. The first-order valence-corrected chi connectivity index (χ1v) is 8.09. The number of nitrogens with one attached hydrogen (secondary N) is 2. The number of hydrogen-bond acceptors (Lipinski definition) is 4. The number of carbonyl (C=O) groups excluding carboxylic acids is 1. The van der Waals surface area contributed by atoms with Gasteiger partial charge in [0.15, 0.2) is 0 Å². The zero-order valence-corrected chi connectivity index (χ0v) is 13.3. The molecular weight excluding hydrogens is 290 g/mol. The molecule has 0 bridgehead atoms. The molecule has 1 aromatic carbocycles. The fraction of sp³-hybridized carbons (Fsp3) is 0.389. The molecule has 1 spiro atoms. The number of aryl methyl sites for hydroxylation is 1. The van der Waals surface area contributed by atoms with Crippen molar-refractivity contribution in [2.75, 3.05) is 18.4 Å². The molecule has 2 aliphatic heterocycles. The Labute approximate surface area is 135 Å². The molecule has 4 rings (SSSR count). The summed E-state index contributed by atoms with van der Waals surface area (Å²) < 4.78 is 5.14. The molecule has 0 aliphatic carbocycles. The second-order valence-corrected chi connectivity index (χ2v) is 6.57. The highest BCUT2D eigenvalue weighted by atomic mass is 16.3. The first kappa shape index (κ1) is 14.3. The number of anilines is 1. The van der Waals surface area contributed by atoms with E-state index in [-0.39, 0.29) is 11.6 Å². The Kier molecular flexibility index (Phi) is 3.38. The van der Waals surface area contributed by atoms with E-state index in [1.165, 1.54) is 5.56 Å². The van der Waals surface area contributed by atoms with Gasteiger partial charge in [-0.25, -0.2) is 0 Å². The lowest BCUT2D eigenvalue weighted by atomic mass is 9.91. The van der Waals surface area contributed by atoms with Crippen molar-refractivity contribution in [3.63, 3.8) is 0 Å². The number of likely N-dealkylation sites (tertiary alicyclic amines) is 1. The van der Waals surface area contributed by atoms with E-state index in [4.69, 9.17) is 4.42 Å². The van der Waals surface area contributed by atoms with Gasteiger partial charge in [0.25, 0.3) is 5.91 Å². The molecule has 0 saturated carbocycles. The van der Waals surface area contributed by atoms with E-state index in [1.807, 2.05) is 31.2 Å². The molecule has 1 saturated heterocycles. The second-order valence-electron chi connectivity index (χ2n) is 6.57. The minimum absolute atomic E-state index is 0.0331. The van der Waals surface area contributed by atoms with Gasteiger partial charge in [-0.1, -0.05) is 12.1 Å². The zero-order chi connectivity index (χ0) is 15.9. The molecule has 1 fully saturated rings. The van der Waals surface area contributed by atoms with Crippen LogP contribution in [0.4, 0.5) is 5.69 Å². The molecule has 5 nitrogen and oxygen atoms in total. The summed E-state index contributed by atoms with van der Waals surface area (Å²) in [6, 6.07) is 7.86. The Morgan fingerprint density at radius 2 is 2.04 bits per heavy atom. The SMILES string of the molecule is Cc1cccc2c1NC1(CCN(Cc3ccoc3)CC1)NC2=O. The number of fused-ring (bicyclic) bond motifs is 1. The number of hydrogen-bond donors (Lipinski definition) is 2. The maximum absolute atomic E-state index is 12.5. The average Bonchev–Trinajstić information content (AvgIpc) is 3.04. The summed E-state index contributed by atoms with van der Waals surface area (Å²) in [5, 5.41) is 6.81. The maximum Gasteiger partial charge on any atom is 0.255 e. The van der Waals surface area contributed by atoms with Crippen LogP contribution in [0.15, 0.2) is 41.2 Å². The Balaban J connectivity index is 1.49. The van der Waals surface area contributed by atoms with Crippen LogP contribution in [0.5, 0.6) is 0 Å². The number of amides is 1. The van der Waals surface area contributed by atoms with Gasteiger partial charge >= 0.3 is 0 Å². The van der Waals surface area contributed by atoms with E-state index >= 15 is 0 Å². The number of furan rings is 1. The molecule has 2 N–H and O–H groups in total. The van der Waals surface area contributed by atoms with Crippen LogP contribution in [-0.4, -0.2) is 29.6 Å². The first-order valence-electron chi connectivity index (χ1n) is 8.09. The van der Waals surface area contributed by atoms with Crippen molar-refractivity contribution in [1.82, 2.24) is 10.2 Å². The van der Waals surface area contributed by atoms with Crippen LogP contribution in [0.1, 0.15) is 34.3 Å². The fourth-order valence-electron chi connectivity index (χ4n) is 3.56. The molecule has 120 valence electrons. The van der Waals surface area contributed by atoms with Crippen molar-refractivity contribution in [1.29, 1.82) is 0 Å². The number of carbonyl (C=O) groups is 1. The molecular formula is C18H21N3O2. The molecule has 1 amide bonds. The standard InChI is InChI=1S/C18H21N3O2/c1-13-3-2-4-15-16(13)19-18(20-17(15)22)6-8-21(9-7-18)11-14-5-10-23-12-14/h2-5,10,12,19H,6-9,11H2,1H3,(H,20,22). The first-order chi connectivity index (χ1) is 11.2. The van der Waals surface area contributed by atoms with E-state index < -0.39 is 0 Å². The van der Waals surface area contributed by atoms with Crippen LogP contribution in [-0.2, 0) is 6.54 Å². The van der Waals surface area contributed by atoms with Gasteiger partial charge in [-0.2, -0.15) is 0 Å². The van der Waals surface area contributed by atoms with Gasteiger partial charge in [-0.05, 0) is 24.6 Å². The molecule has 1 aromatic heterocycles. The normalized spacial score (nSPS) is 20.0. The van der Waals surface area contributed by atoms with Crippen molar-refractivity contribution in [3.05, 3.63) is 53.5 Å². The van der Waals surface area contributed by atoms with Gasteiger partial charge in [0.1, 0.15) is 5.66 Å². The summed E-state index contributed by atoms with van der Waals surface area (Å²) in [5.74, 6) is 0.0331. The van der Waals surface area contributed by atoms with E-state index in [9.17, 15) is 4.79 Å². The van der Waals surface area contributed by atoms with Crippen LogP contribution in [0.2, 0.25) is 0 Å². The molecule has 2 aliphatic rings.